The normalized spacial score (nSPS) is 10.3. The van der Waals surface area contributed by atoms with Crippen LogP contribution in [0.25, 0.3) is 0 Å². The van der Waals surface area contributed by atoms with Crippen LogP contribution in [-0.2, 0) is 14.3 Å². The maximum absolute atomic E-state index is 13.4. The van der Waals surface area contributed by atoms with Gasteiger partial charge >= 0.3 is 5.97 Å². The molecule has 0 saturated heterocycles. The fourth-order valence-electron chi connectivity index (χ4n) is 2.08. The van der Waals surface area contributed by atoms with Crippen LogP contribution in [0.15, 0.2) is 18.2 Å². The van der Waals surface area contributed by atoms with Crippen molar-refractivity contribution in [1.82, 2.24) is 10.6 Å². The summed E-state index contributed by atoms with van der Waals surface area (Å²) >= 11 is 0. The van der Waals surface area contributed by atoms with Crippen LogP contribution in [0.3, 0.4) is 0 Å². The Morgan fingerprint density at radius 1 is 1.04 bits per heavy atom. The molecule has 0 aromatic heterocycles. The highest BCUT2D eigenvalue weighted by Gasteiger charge is 2.12. The lowest BCUT2D eigenvalue weighted by Crippen LogP contribution is -2.30. The zero-order valence-electron chi connectivity index (χ0n) is 14.8. The van der Waals surface area contributed by atoms with Gasteiger partial charge in [0.1, 0.15) is 11.6 Å². The van der Waals surface area contributed by atoms with Gasteiger partial charge in [0, 0.05) is 25.6 Å². The van der Waals surface area contributed by atoms with Crippen molar-refractivity contribution in [3.63, 3.8) is 0 Å². The molecule has 2 N–H and O–H groups in total. The first-order chi connectivity index (χ1) is 12.4. The van der Waals surface area contributed by atoms with Crippen molar-refractivity contribution in [3.8, 4) is 0 Å². The highest BCUT2D eigenvalue weighted by molar-refractivity contribution is 5.94. The summed E-state index contributed by atoms with van der Waals surface area (Å²) in [5.41, 5.74) is -0.270. The minimum Gasteiger partial charge on any atom is -0.456 e. The van der Waals surface area contributed by atoms with Gasteiger partial charge in [-0.15, -0.1) is 0 Å². The van der Waals surface area contributed by atoms with E-state index in [1.165, 1.54) is 0 Å². The molecule has 1 aromatic carbocycles. The summed E-state index contributed by atoms with van der Waals surface area (Å²) in [5.74, 6) is -3.32. The van der Waals surface area contributed by atoms with Crippen LogP contribution in [0.4, 0.5) is 8.78 Å². The number of ether oxygens (including phenoxy) is 1. The molecule has 0 radical (unpaired) electrons. The first-order valence-electron chi connectivity index (χ1n) is 8.59. The number of hydrogen-bond donors (Lipinski definition) is 2. The van der Waals surface area contributed by atoms with Gasteiger partial charge in [-0.2, -0.15) is 0 Å². The molecule has 1 aromatic rings. The molecule has 0 unspecified atom stereocenters. The third kappa shape index (κ3) is 8.55. The van der Waals surface area contributed by atoms with Gasteiger partial charge in [-0.3, -0.25) is 14.4 Å². The summed E-state index contributed by atoms with van der Waals surface area (Å²) in [5, 5.41) is 5.08. The first-order valence-corrected chi connectivity index (χ1v) is 8.59. The average molecular weight is 370 g/mol. The van der Waals surface area contributed by atoms with Crippen molar-refractivity contribution in [2.45, 2.75) is 39.0 Å². The van der Waals surface area contributed by atoms with Crippen LogP contribution in [0, 0.1) is 11.6 Å². The highest BCUT2D eigenvalue weighted by atomic mass is 19.1. The zero-order chi connectivity index (χ0) is 19.4. The van der Waals surface area contributed by atoms with Crippen molar-refractivity contribution in [1.29, 1.82) is 0 Å². The summed E-state index contributed by atoms with van der Waals surface area (Å²) < 4.78 is 31.0. The Balaban J connectivity index is 2.16. The van der Waals surface area contributed by atoms with E-state index in [0.29, 0.717) is 12.6 Å². The van der Waals surface area contributed by atoms with E-state index >= 15 is 0 Å². The number of halogens is 2. The highest BCUT2D eigenvalue weighted by Crippen LogP contribution is 2.09. The number of unbranched alkanes of at least 4 members (excludes halogenated alkanes) is 2. The van der Waals surface area contributed by atoms with E-state index in [2.05, 4.69) is 17.6 Å². The molecule has 0 saturated carbocycles. The molecule has 0 heterocycles. The Labute approximate surface area is 151 Å². The molecule has 0 spiro atoms. The van der Waals surface area contributed by atoms with Gasteiger partial charge in [-0.05, 0) is 25.0 Å². The Bertz CT molecular complexity index is 623. The van der Waals surface area contributed by atoms with E-state index in [4.69, 9.17) is 4.74 Å². The van der Waals surface area contributed by atoms with Gasteiger partial charge in [0.2, 0.25) is 0 Å². The third-order valence-corrected chi connectivity index (χ3v) is 3.49. The topological polar surface area (TPSA) is 84.5 Å². The number of hydrogen-bond acceptors (Lipinski definition) is 4. The van der Waals surface area contributed by atoms with E-state index < -0.39 is 23.5 Å². The van der Waals surface area contributed by atoms with E-state index in [1.807, 2.05) is 0 Å². The Hall–Kier alpha value is -2.51. The summed E-state index contributed by atoms with van der Waals surface area (Å²) in [7, 11) is 0. The molecule has 2 amide bonds. The van der Waals surface area contributed by atoms with Gasteiger partial charge < -0.3 is 15.4 Å². The lowest BCUT2D eigenvalue weighted by molar-refractivity contribution is -0.148. The van der Waals surface area contributed by atoms with Crippen LogP contribution < -0.4 is 10.6 Å². The van der Waals surface area contributed by atoms with E-state index in [9.17, 15) is 23.2 Å². The molecule has 8 heteroatoms. The van der Waals surface area contributed by atoms with Gasteiger partial charge in [-0.25, -0.2) is 8.78 Å². The van der Waals surface area contributed by atoms with Crippen molar-refractivity contribution < 1.29 is 27.9 Å². The van der Waals surface area contributed by atoms with Gasteiger partial charge in [0.15, 0.2) is 6.61 Å². The van der Waals surface area contributed by atoms with Crippen molar-refractivity contribution in [3.05, 3.63) is 35.4 Å². The minimum absolute atomic E-state index is 0.00922. The SMILES string of the molecule is CCCCCNC(=O)COC(=O)CCCNC(=O)c1ccc(F)cc1F. The molecule has 0 aliphatic rings. The molecule has 6 nitrogen and oxygen atoms in total. The predicted octanol–water partition coefficient (Wildman–Crippen LogP) is 2.32. The maximum Gasteiger partial charge on any atom is 0.306 e. The summed E-state index contributed by atoms with van der Waals surface area (Å²) in [4.78, 5) is 34.7. The number of nitrogens with one attached hydrogen (secondary N) is 2. The third-order valence-electron chi connectivity index (χ3n) is 3.49. The molecule has 26 heavy (non-hydrogen) atoms. The minimum atomic E-state index is -0.952. The van der Waals surface area contributed by atoms with Crippen LogP contribution in [0.2, 0.25) is 0 Å². The zero-order valence-corrected chi connectivity index (χ0v) is 14.8. The largest absolute Gasteiger partial charge is 0.456 e. The first kappa shape index (κ1) is 21.5. The smallest absolute Gasteiger partial charge is 0.306 e. The lowest BCUT2D eigenvalue weighted by atomic mass is 10.2. The molecule has 144 valence electrons. The molecular formula is C18H24F2N2O4. The van der Waals surface area contributed by atoms with Crippen molar-refractivity contribution in [2.24, 2.45) is 0 Å². The van der Waals surface area contributed by atoms with Crippen molar-refractivity contribution in [2.75, 3.05) is 19.7 Å². The molecule has 0 aliphatic heterocycles. The molecule has 0 atom stereocenters. The molecule has 1 rings (SSSR count). The maximum atomic E-state index is 13.4. The monoisotopic (exact) mass is 370 g/mol. The summed E-state index contributed by atoms with van der Waals surface area (Å²) in [6, 6.07) is 2.66. The number of carbonyl (C=O) groups is 3. The summed E-state index contributed by atoms with van der Waals surface area (Å²) in [6.07, 6.45) is 3.23. The number of benzene rings is 1. The van der Waals surface area contributed by atoms with Crippen molar-refractivity contribution >= 4 is 17.8 Å². The fraction of sp³-hybridized carbons (Fsp3) is 0.500. The van der Waals surface area contributed by atoms with E-state index in [-0.39, 0.29) is 37.5 Å². The average Bonchev–Trinajstić information content (AvgIpc) is 2.60. The van der Waals surface area contributed by atoms with Crippen LogP contribution in [-0.4, -0.2) is 37.5 Å². The van der Waals surface area contributed by atoms with E-state index in [1.54, 1.807) is 0 Å². The van der Waals surface area contributed by atoms with Gasteiger partial charge in [-0.1, -0.05) is 19.8 Å². The molecule has 0 fully saturated rings. The fourth-order valence-corrected chi connectivity index (χ4v) is 2.08. The number of rotatable bonds is 11. The predicted molar refractivity (Wildman–Crippen MR) is 91.4 cm³/mol. The Kier molecular flexibility index (Phi) is 9.89. The number of esters is 1. The molecular weight excluding hydrogens is 346 g/mol. The number of carbonyl (C=O) groups excluding carboxylic acids is 3. The Morgan fingerprint density at radius 3 is 2.46 bits per heavy atom. The lowest BCUT2D eigenvalue weighted by Gasteiger charge is -2.07. The van der Waals surface area contributed by atoms with Crippen LogP contribution >= 0.6 is 0 Å². The second-order valence-electron chi connectivity index (χ2n) is 5.70. The quantitative estimate of drug-likeness (QED) is 0.462. The standard InChI is InChI=1S/C18H24F2N2O4/c1-2-3-4-9-21-16(23)12-26-17(24)6-5-10-22-18(25)14-8-7-13(19)11-15(14)20/h7-8,11H,2-6,9-10,12H2,1H3,(H,21,23)(H,22,25). The van der Waals surface area contributed by atoms with E-state index in [0.717, 1.165) is 31.4 Å². The van der Waals surface area contributed by atoms with Crippen LogP contribution in [0.5, 0.6) is 0 Å². The van der Waals surface area contributed by atoms with Gasteiger partial charge in [0.05, 0.1) is 5.56 Å². The Morgan fingerprint density at radius 2 is 1.77 bits per heavy atom. The molecule has 0 bridgehead atoms. The second-order valence-corrected chi connectivity index (χ2v) is 5.70. The number of amides is 2. The van der Waals surface area contributed by atoms with Crippen LogP contribution in [0.1, 0.15) is 49.4 Å². The summed E-state index contributed by atoms with van der Waals surface area (Å²) in [6.45, 7) is 2.39. The molecule has 0 aliphatic carbocycles. The second kappa shape index (κ2) is 11.9. The van der Waals surface area contributed by atoms with Gasteiger partial charge in [0.25, 0.3) is 11.8 Å².